The molecule has 2 N–H and O–H groups in total. The molecule has 20 heavy (non-hydrogen) atoms. The molecule has 0 radical (unpaired) electrons. The topological polar surface area (TPSA) is 75.6 Å². The number of rotatable bonds is 4. The number of hydrogen-bond acceptors (Lipinski definition) is 3. The highest BCUT2D eigenvalue weighted by Gasteiger charge is 2.33. The van der Waals surface area contributed by atoms with E-state index in [2.05, 4.69) is 5.32 Å². The summed E-state index contributed by atoms with van der Waals surface area (Å²) in [5.41, 5.74) is 0.242. The number of halogens is 1. The summed E-state index contributed by atoms with van der Waals surface area (Å²) in [6, 6.07) is 4.37. The van der Waals surface area contributed by atoms with E-state index in [-0.39, 0.29) is 29.2 Å². The summed E-state index contributed by atoms with van der Waals surface area (Å²) in [4.78, 5) is 23.4. The van der Waals surface area contributed by atoms with Gasteiger partial charge in [-0.05, 0) is 31.0 Å². The zero-order valence-electron chi connectivity index (χ0n) is 11.1. The number of benzene rings is 1. The lowest BCUT2D eigenvalue weighted by Crippen LogP contribution is -2.29. The van der Waals surface area contributed by atoms with Crippen LogP contribution in [0.3, 0.4) is 0 Å². The largest absolute Gasteiger partial charge is 0.478 e. The molecule has 1 aliphatic rings. The lowest BCUT2D eigenvalue weighted by Gasteiger charge is -2.17. The molecule has 0 aliphatic carbocycles. The van der Waals surface area contributed by atoms with E-state index in [1.54, 1.807) is 6.07 Å². The molecule has 2 rings (SSSR count). The van der Waals surface area contributed by atoms with E-state index >= 15 is 0 Å². The van der Waals surface area contributed by atoms with E-state index in [4.69, 9.17) is 21.4 Å². The average Bonchev–Trinajstić information content (AvgIpc) is 2.89. The Hall–Kier alpha value is -1.59. The first-order chi connectivity index (χ1) is 9.52. The predicted molar refractivity (Wildman–Crippen MR) is 75.2 cm³/mol. The van der Waals surface area contributed by atoms with Gasteiger partial charge in [0.2, 0.25) is 5.91 Å². The van der Waals surface area contributed by atoms with E-state index in [0.717, 1.165) is 6.42 Å². The number of ether oxygens (including phenoxy) is 1. The number of carbonyl (C=O) groups excluding carboxylic acids is 1. The molecule has 0 saturated carbocycles. The number of nitrogens with one attached hydrogen (secondary N) is 1. The zero-order chi connectivity index (χ0) is 14.7. The highest BCUT2D eigenvalue weighted by atomic mass is 35.5. The summed E-state index contributed by atoms with van der Waals surface area (Å²) in [7, 11) is 0. The molecule has 6 heteroatoms. The second-order valence-corrected chi connectivity index (χ2v) is 5.13. The number of carboxylic acid groups (broad SMARTS) is 1. The van der Waals surface area contributed by atoms with Gasteiger partial charge in [-0.2, -0.15) is 0 Å². The van der Waals surface area contributed by atoms with Gasteiger partial charge in [-0.25, -0.2) is 4.79 Å². The van der Waals surface area contributed by atoms with Gasteiger partial charge >= 0.3 is 5.97 Å². The lowest BCUT2D eigenvalue weighted by molar-refractivity contribution is -0.121. The maximum atomic E-state index is 12.2. The van der Waals surface area contributed by atoms with Crippen LogP contribution in [0.1, 0.15) is 30.1 Å². The van der Waals surface area contributed by atoms with Crippen molar-refractivity contribution in [3.63, 3.8) is 0 Å². The van der Waals surface area contributed by atoms with Gasteiger partial charge in [0, 0.05) is 11.6 Å². The Morgan fingerprint density at radius 3 is 2.90 bits per heavy atom. The van der Waals surface area contributed by atoms with Crippen LogP contribution < -0.4 is 5.32 Å². The maximum absolute atomic E-state index is 12.2. The Bertz CT molecular complexity index is 532. The number of anilines is 1. The van der Waals surface area contributed by atoms with Crippen molar-refractivity contribution >= 4 is 29.2 Å². The van der Waals surface area contributed by atoms with Gasteiger partial charge in [0.1, 0.15) is 0 Å². The Morgan fingerprint density at radius 2 is 2.25 bits per heavy atom. The van der Waals surface area contributed by atoms with Crippen LogP contribution >= 0.6 is 11.6 Å². The number of hydrogen-bond donors (Lipinski definition) is 2. The molecule has 1 saturated heterocycles. The van der Waals surface area contributed by atoms with E-state index in [1.165, 1.54) is 12.1 Å². The Labute approximate surface area is 121 Å². The summed E-state index contributed by atoms with van der Waals surface area (Å²) in [5.74, 6) is -1.57. The summed E-state index contributed by atoms with van der Waals surface area (Å²) in [6.45, 7) is 2.52. The van der Waals surface area contributed by atoms with E-state index < -0.39 is 5.97 Å². The second-order valence-electron chi connectivity index (χ2n) is 4.70. The first-order valence-corrected chi connectivity index (χ1v) is 6.86. The van der Waals surface area contributed by atoms with Crippen LogP contribution in [0.5, 0.6) is 0 Å². The van der Waals surface area contributed by atoms with Crippen molar-refractivity contribution in [2.75, 3.05) is 11.9 Å². The van der Waals surface area contributed by atoms with Crippen molar-refractivity contribution in [3.05, 3.63) is 28.8 Å². The minimum Gasteiger partial charge on any atom is -0.478 e. The third kappa shape index (κ3) is 3.11. The van der Waals surface area contributed by atoms with Crippen LogP contribution in [0.2, 0.25) is 5.02 Å². The Balaban J connectivity index is 2.17. The minimum atomic E-state index is -1.13. The molecule has 1 fully saturated rings. The van der Waals surface area contributed by atoms with Crippen LogP contribution in [-0.2, 0) is 9.53 Å². The van der Waals surface area contributed by atoms with Crippen molar-refractivity contribution < 1.29 is 19.4 Å². The maximum Gasteiger partial charge on any atom is 0.337 e. The first kappa shape index (κ1) is 14.8. The molecule has 0 bridgehead atoms. The molecule has 1 aromatic carbocycles. The van der Waals surface area contributed by atoms with Gasteiger partial charge in [-0.3, -0.25) is 4.79 Å². The smallest absolute Gasteiger partial charge is 0.337 e. The van der Waals surface area contributed by atoms with Gasteiger partial charge in [0.25, 0.3) is 0 Å². The molecule has 108 valence electrons. The van der Waals surface area contributed by atoms with Crippen LogP contribution in [-0.4, -0.2) is 29.7 Å². The fourth-order valence-corrected chi connectivity index (χ4v) is 2.55. The van der Waals surface area contributed by atoms with E-state index in [9.17, 15) is 9.59 Å². The zero-order valence-corrected chi connectivity index (χ0v) is 11.8. The van der Waals surface area contributed by atoms with Gasteiger partial charge < -0.3 is 15.2 Å². The quantitative estimate of drug-likeness (QED) is 0.896. The molecule has 2 unspecified atom stereocenters. The summed E-state index contributed by atoms with van der Waals surface area (Å²) < 4.78 is 5.47. The van der Waals surface area contributed by atoms with Crippen LogP contribution in [0.15, 0.2) is 18.2 Å². The van der Waals surface area contributed by atoms with Gasteiger partial charge in [0.15, 0.2) is 0 Å². The van der Waals surface area contributed by atoms with Gasteiger partial charge in [-0.1, -0.05) is 18.5 Å². The normalized spacial score (nSPS) is 21.7. The van der Waals surface area contributed by atoms with Crippen molar-refractivity contribution in [3.8, 4) is 0 Å². The van der Waals surface area contributed by atoms with Crippen molar-refractivity contribution in [1.29, 1.82) is 0 Å². The molecule has 1 aromatic rings. The molecule has 1 heterocycles. The molecular weight excluding hydrogens is 282 g/mol. The highest BCUT2D eigenvalue weighted by molar-refractivity contribution is 6.31. The number of carboxylic acids is 1. The minimum absolute atomic E-state index is 0.0159. The molecular formula is C14H16ClNO4. The Kier molecular flexibility index (Phi) is 4.62. The van der Waals surface area contributed by atoms with Crippen LogP contribution in [0, 0.1) is 5.92 Å². The SMILES string of the molecule is CCC1OCCC1C(=O)Nc1ccc(Cl)cc1C(=O)O. The number of amides is 1. The van der Waals surface area contributed by atoms with E-state index in [0.29, 0.717) is 18.1 Å². The Morgan fingerprint density at radius 1 is 1.50 bits per heavy atom. The standard InChI is InChI=1S/C14H16ClNO4/c1-2-12-9(5-6-20-12)13(17)16-11-4-3-8(15)7-10(11)14(18)19/h3-4,7,9,12H,2,5-6H2,1H3,(H,16,17)(H,18,19). The first-order valence-electron chi connectivity index (χ1n) is 6.48. The molecule has 5 nitrogen and oxygen atoms in total. The van der Waals surface area contributed by atoms with Gasteiger partial charge in [-0.15, -0.1) is 0 Å². The molecule has 1 aliphatic heterocycles. The summed E-state index contributed by atoms with van der Waals surface area (Å²) in [5, 5.41) is 12.1. The van der Waals surface area contributed by atoms with Gasteiger partial charge in [0.05, 0.1) is 23.3 Å². The second kappa shape index (κ2) is 6.24. The third-order valence-corrected chi connectivity index (χ3v) is 3.65. The fraction of sp³-hybridized carbons (Fsp3) is 0.429. The molecule has 1 amide bonds. The van der Waals surface area contributed by atoms with Crippen LogP contribution in [0.4, 0.5) is 5.69 Å². The predicted octanol–water partition coefficient (Wildman–Crippen LogP) is 2.79. The fourth-order valence-electron chi connectivity index (χ4n) is 2.38. The van der Waals surface area contributed by atoms with Crippen LogP contribution in [0.25, 0.3) is 0 Å². The van der Waals surface area contributed by atoms with E-state index in [1.807, 2.05) is 6.92 Å². The summed E-state index contributed by atoms with van der Waals surface area (Å²) >= 11 is 5.77. The molecule has 0 spiro atoms. The van der Waals surface area contributed by atoms with Crippen molar-refractivity contribution in [1.82, 2.24) is 0 Å². The molecule has 2 atom stereocenters. The van der Waals surface area contributed by atoms with Crippen molar-refractivity contribution in [2.24, 2.45) is 5.92 Å². The lowest BCUT2D eigenvalue weighted by atomic mass is 9.98. The number of aromatic carboxylic acids is 1. The monoisotopic (exact) mass is 297 g/mol. The average molecular weight is 298 g/mol. The summed E-state index contributed by atoms with van der Waals surface area (Å²) in [6.07, 6.45) is 1.31. The van der Waals surface area contributed by atoms with Crippen molar-refractivity contribution in [2.45, 2.75) is 25.9 Å². The molecule has 0 aromatic heterocycles. The highest BCUT2D eigenvalue weighted by Crippen LogP contribution is 2.26. The number of carbonyl (C=O) groups is 2. The third-order valence-electron chi connectivity index (χ3n) is 3.42.